The Morgan fingerprint density at radius 3 is 2.56 bits per heavy atom. The minimum absolute atomic E-state index is 0.0824. The highest BCUT2D eigenvalue weighted by Gasteiger charge is 2.14. The molecular formula is C14H19FN2O. The Morgan fingerprint density at radius 1 is 1.22 bits per heavy atom. The number of benzene rings is 1. The molecule has 1 heterocycles. The van der Waals surface area contributed by atoms with Gasteiger partial charge in [-0.2, -0.15) is 0 Å². The zero-order valence-electron chi connectivity index (χ0n) is 10.5. The lowest BCUT2D eigenvalue weighted by atomic mass is 10.1. The van der Waals surface area contributed by atoms with Crippen molar-refractivity contribution in [3.05, 3.63) is 35.6 Å². The van der Waals surface area contributed by atoms with E-state index < -0.39 is 0 Å². The van der Waals surface area contributed by atoms with Crippen LogP contribution in [0.1, 0.15) is 18.4 Å². The lowest BCUT2D eigenvalue weighted by Gasteiger charge is -2.13. The van der Waals surface area contributed by atoms with Gasteiger partial charge in [0, 0.05) is 6.54 Å². The van der Waals surface area contributed by atoms with E-state index in [-0.39, 0.29) is 11.7 Å². The van der Waals surface area contributed by atoms with E-state index in [2.05, 4.69) is 10.2 Å². The van der Waals surface area contributed by atoms with Crippen molar-refractivity contribution < 1.29 is 9.18 Å². The van der Waals surface area contributed by atoms with Crippen LogP contribution in [0, 0.1) is 5.82 Å². The Bertz CT molecular complexity index is 385. The van der Waals surface area contributed by atoms with Crippen LogP contribution in [0.15, 0.2) is 24.3 Å². The minimum Gasteiger partial charge on any atom is -0.355 e. The Morgan fingerprint density at radius 2 is 1.89 bits per heavy atom. The monoisotopic (exact) mass is 250 g/mol. The number of hydrogen-bond acceptors (Lipinski definition) is 2. The fourth-order valence-corrected chi connectivity index (χ4v) is 2.20. The smallest absolute Gasteiger partial charge is 0.234 e. The molecular weight excluding hydrogens is 231 g/mol. The Kier molecular flexibility index (Phi) is 4.70. The maximum Gasteiger partial charge on any atom is 0.234 e. The van der Waals surface area contributed by atoms with E-state index in [0.29, 0.717) is 13.1 Å². The number of nitrogens with zero attached hydrogens (tertiary/aromatic N) is 1. The molecule has 3 nitrogen and oxygen atoms in total. The summed E-state index contributed by atoms with van der Waals surface area (Å²) in [5.41, 5.74) is 1.04. The summed E-state index contributed by atoms with van der Waals surface area (Å²) in [4.78, 5) is 13.8. The minimum atomic E-state index is -0.225. The van der Waals surface area contributed by atoms with E-state index in [1.165, 1.54) is 25.0 Å². The van der Waals surface area contributed by atoms with Crippen LogP contribution in [0.25, 0.3) is 0 Å². The van der Waals surface area contributed by atoms with Crippen LogP contribution in [-0.2, 0) is 11.2 Å². The van der Waals surface area contributed by atoms with Gasteiger partial charge in [-0.15, -0.1) is 0 Å². The van der Waals surface area contributed by atoms with Crippen molar-refractivity contribution >= 4 is 5.91 Å². The van der Waals surface area contributed by atoms with Gasteiger partial charge in [0.25, 0.3) is 0 Å². The van der Waals surface area contributed by atoms with Crippen LogP contribution in [-0.4, -0.2) is 37.0 Å². The van der Waals surface area contributed by atoms with Gasteiger partial charge in [0.15, 0.2) is 0 Å². The van der Waals surface area contributed by atoms with Crippen LogP contribution >= 0.6 is 0 Å². The number of carbonyl (C=O) groups excluding carboxylic acids is 1. The average molecular weight is 250 g/mol. The summed E-state index contributed by atoms with van der Waals surface area (Å²) in [5.74, 6) is -0.143. The highest BCUT2D eigenvalue weighted by atomic mass is 19.1. The van der Waals surface area contributed by atoms with E-state index in [1.807, 2.05) is 0 Å². The van der Waals surface area contributed by atoms with Crippen LogP contribution < -0.4 is 5.32 Å². The number of rotatable bonds is 5. The molecule has 0 bridgehead atoms. The Labute approximate surface area is 107 Å². The molecule has 1 aromatic carbocycles. The van der Waals surface area contributed by atoms with Crippen molar-refractivity contribution in [1.29, 1.82) is 0 Å². The molecule has 0 aromatic heterocycles. The molecule has 0 saturated carbocycles. The fourth-order valence-electron chi connectivity index (χ4n) is 2.20. The molecule has 0 aliphatic carbocycles. The normalized spacial score (nSPS) is 15.8. The van der Waals surface area contributed by atoms with Crippen molar-refractivity contribution in [3.63, 3.8) is 0 Å². The van der Waals surface area contributed by atoms with Gasteiger partial charge in [-0.05, 0) is 50.0 Å². The topological polar surface area (TPSA) is 32.3 Å². The molecule has 2 rings (SSSR count). The third kappa shape index (κ3) is 4.11. The lowest BCUT2D eigenvalue weighted by Crippen LogP contribution is -2.36. The summed E-state index contributed by atoms with van der Waals surface area (Å²) in [6.45, 7) is 3.18. The number of nitrogens with one attached hydrogen (secondary N) is 1. The van der Waals surface area contributed by atoms with E-state index in [0.717, 1.165) is 25.1 Å². The molecule has 1 fully saturated rings. The standard InChI is InChI=1S/C14H19FN2O/c15-13-5-3-12(4-6-13)7-8-16-14(18)11-17-9-1-2-10-17/h3-6H,1-2,7-11H2,(H,16,18). The molecule has 1 aromatic rings. The molecule has 0 radical (unpaired) electrons. The first kappa shape index (κ1) is 13.0. The van der Waals surface area contributed by atoms with Gasteiger partial charge in [-0.25, -0.2) is 4.39 Å². The van der Waals surface area contributed by atoms with Gasteiger partial charge < -0.3 is 5.32 Å². The summed E-state index contributed by atoms with van der Waals surface area (Å²) in [5, 5.41) is 2.90. The number of hydrogen-bond donors (Lipinski definition) is 1. The number of likely N-dealkylation sites (tertiary alicyclic amines) is 1. The molecule has 4 heteroatoms. The van der Waals surface area contributed by atoms with Gasteiger partial charge in [0.1, 0.15) is 5.82 Å². The third-order valence-electron chi connectivity index (χ3n) is 3.21. The molecule has 1 N–H and O–H groups in total. The summed E-state index contributed by atoms with van der Waals surface area (Å²) in [6, 6.07) is 6.40. The second-order valence-electron chi connectivity index (χ2n) is 4.71. The lowest BCUT2D eigenvalue weighted by molar-refractivity contribution is -0.121. The van der Waals surface area contributed by atoms with Crippen LogP contribution in [0.3, 0.4) is 0 Å². The predicted octanol–water partition coefficient (Wildman–Crippen LogP) is 1.58. The van der Waals surface area contributed by atoms with Crippen molar-refractivity contribution in [2.45, 2.75) is 19.3 Å². The van der Waals surface area contributed by atoms with E-state index in [4.69, 9.17) is 0 Å². The van der Waals surface area contributed by atoms with Crippen LogP contribution in [0.4, 0.5) is 4.39 Å². The summed E-state index contributed by atoms with van der Waals surface area (Å²) in [6.07, 6.45) is 3.14. The summed E-state index contributed by atoms with van der Waals surface area (Å²) < 4.78 is 12.7. The SMILES string of the molecule is O=C(CN1CCCC1)NCCc1ccc(F)cc1. The van der Waals surface area contributed by atoms with Gasteiger partial charge in [-0.3, -0.25) is 9.69 Å². The highest BCUT2D eigenvalue weighted by molar-refractivity contribution is 5.78. The molecule has 0 unspecified atom stereocenters. The first-order valence-corrected chi connectivity index (χ1v) is 6.47. The molecule has 1 saturated heterocycles. The largest absolute Gasteiger partial charge is 0.355 e. The van der Waals surface area contributed by atoms with Crippen molar-refractivity contribution in [2.75, 3.05) is 26.2 Å². The van der Waals surface area contributed by atoms with Gasteiger partial charge in [-0.1, -0.05) is 12.1 Å². The summed E-state index contributed by atoms with van der Waals surface area (Å²) >= 11 is 0. The second kappa shape index (κ2) is 6.50. The maximum absolute atomic E-state index is 12.7. The molecule has 1 aliphatic heterocycles. The number of halogens is 1. The van der Waals surface area contributed by atoms with Gasteiger partial charge in [0.05, 0.1) is 6.54 Å². The average Bonchev–Trinajstić information content (AvgIpc) is 2.84. The van der Waals surface area contributed by atoms with Crippen molar-refractivity contribution in [2.24, 2.45) is 0 Å². The van der Waals surface area contributed by atoms with E-state index in [9.17, 15) is 9.18 Å². The van der Waals surface area contributed by atoms with Gasteiger partial charge >= 0.3 is 0 Å². The molecule has 18 heavy (non-hydrogen) atoms. The third-order valence-corrected chi connectivity index (χ3v) is 3.21. The van der Waals surface area contributed by atoms with E-state index in [1.54, 1.807) is 12.1 Å². The zero-order valence-corrected chi connectivity index (χ0v) is 10.5. The number of carbonyl (C=O) groups is 1. The molecule has 1 amide bonds. The van der Waals surface area contributed by atoms with Crippen LogP contribution in [0.2, 0.25) is 0 Å². The Balaban J connectivity index is 1.65. The Hall–Kier alpha value is -1.42. The predicted molar refractivity (Wildman–Crippen MR) is 68.8 cm³/mol. The first-order chi connectivity index (χ1) is 8.74. The van der Waals surface area contributed by atoms with Crippen molar-refractivity contribution in [3.8, 4) is 0 Å². The van der Waals surface area contributed by atoms with Crippen LogP contribution in [0.5, 0.6) is 0 Å². The molecule has 0 spiro atoms. The zero-order chi connectivity index (χ0) is 12.8. The number of amides is 1. The second-order valence-corrected chi connectivity index (χ2v) is 4.71. The summed E-state index contributed by atoms with van der Waals surface area (Å²) in [7, 11) is 0. The fraction of sp³-hybridized carbons (Fsp3) is 0.500. The molecule has 1 aliphatic rings. The molecule has 0 atom stereocenters. The quantitative estimate of drug-likeness (QED) is 0.860. The van der Waals surface area contributed by atoms with Crippen molar-refractivity contribution in [1.82, 2.24) is 10.2 Å². The van der Waals surface area contributed by atoms with E-state index >= 15 is 0 Å². The van der Waals surface area contributed by atoms with Gasteiger partial charge in [0.2, 0.25) is 5.91 Å². The molecule has 98 valence electrons. The highest BCUT2D eigenvalue weighted by Crippen LogP contribution is 2.06. The maximum atomic E-state index is 12.7. The first-order valence-electron chi connectivity index (χ1n) is 6.47.